The molecule has 0 spiro atoms. The van der Waals surface area contributed by atoms with Crippen LogP contribution in [0.2, 0.25) is 0 Å². The predicted molar refractivity (Wildman–Crippen MR) is 233 cm³/mol. The molecule has 0 aliphatic carbocycles. The predicted octanol–water partition coefficient (Wildman–Crippen LogP) is 15.4. The van der Waals surface area contributed by atoms with Crippen LogP contribution < -0.4 is 0 Å². The van der Waals surface area contributed by atoms with Crippen molar-refractivity contribution in [1.29, 1.82) is 0 Å². The molecule has 2 atom stereocenters. The second-order valence-corrected chi connectivity index (χ2v) is 17.5. The average Bonchev–Trinajstić information content (AvgIpc) is 3.17. The maximum atomic E-state index is 12.7. The van der Waals surface area contributed by atoms with Crippen LogP contribution in [0.4, 0.5) is 0 Å². The van der Waals surface area contributed by atoms with Crippen molar-refractivity contribution in [2.24, 2.45) is 11.8 Å². The normalized spacial score (nSPS) is 12.5. The summed E-state index contributed by atoms with van der Waals surface area (Å²) in [4.78, 5) is 37.8. The molecule has 0 bridgehead atoms. The molecule has 6 nitrogen and oxygen atoms in total. The molecule has 0 aromatic heterocycles. The number of hydrogen-bond acceptors (Lipinski definition) is 6. The second kappa shape index (κ2) is 42.0. The highest BCUT2D eigenvalue weighted by Gasteiger charge is 2.19. The molecule has 0 saturated heterocycles. The minimum absolute atomic E-state index is 0.0645. The number of carbonyl (C=O) groups excluding carboxylic acids is 3. The van der Waals surface area contributed by atoms with Crippen LogP contribution in [0.5, 0.6) is 0 Å². The van der Waals surface area contributed by atoms with Gasteiger partial charge in [0.15, 0.2) is 6.10 Å². The van der Waals surface area contributed by atoms with Crippen molar-refractivity contribution in [3.63, 3.8) is 0 Å². The van der Waals surface area contributed by atoms with Gasteiger partial charge in [0.25, 0.3) is 0 Å². The lowest BCUT2D eigenvalue weighted by Gasteiger charge is -2.18. The maximum Gasteiger partial charge on any atom is 0.306 e. The van der Waals surface area contributed by atoms with Crippen LogP contribution in [0, 0.1) is 11.8 Å². The van der Waals surface area contributed by atoms with Crippen LogP contribution in [0.1, 0.15) is 266 Å². The van der Waals surface area contributed by atoms with Crippen molar-refractivity contribution in [2.45, 2.75) is 272 Å². The Morgan fingerprint density at radius 1 is 0.382 bits per heavy atom. The smallest absolute Gasteiger partial charge is 0.306 e. The molecule has 326 valence electrons. The molecule has 0 aromatic rings. The quantitative estimate of drug-likeness (QED) is 0.0348. The second-order valence-electron chi connectivity index (χ2n) is 17.5. The Kier molecular flexibility index (Phi) is 40.8. The minimum Gasteiger partial charge on any atom is -0.462 e. The summed E-state index contributed by atoms with van der Waals surface area (Å²) in [6.45, 7) is 11.4. The summed E-state index contributed by atoms with van der Waals surface area (Å²) in [6.07, 6.45) is 40.8. The standard InChI is InChI=1S/C49H94O6/c1-6-8-9-10-11-12-19-24-29-34-39-47(50)53-42-46(55-49(52)41-36-31-26-21-15-13-17-22-27-32-37-44(3)4)43-54-48(51)40-35-30-25-20-16-14-18-23-28-33-38-45(5)7-2/h44-46H,6-43H2,1-5H3/t45?,46-/m0/s1. The number of hydrogen-bond donors (Lipinski definition) is 0. The number of carbonyl (C=O) groups is 3. The van der Waals surface area contributed by atoms with Gasteiger partial charge in [-0.1, -0.05) is 227 Å². The van der Waals surface area contributed by atoms with Gasteiger partial charge in [0, 0.05) is 19.3 Å². The van der Waals surface area contributed by atoms with Gasteiger partial charge in [0.1, 0.15) is 13.2 Å². The zero-order valence-electron chi connectivity index (χ0n) is 37.6. The van der Waals surface area contributed by atoms with Gasteiger partial charge in [-0.2, -0.15) is 0 Å². The van der Waals surface area contributed by atoms with Gasteiger partial charge in [0.05, 0.1) is 0 Å². The summed E-state index contributed by atoms with van der Waals surface area (Å²) in [5.41, 5.74) is 0. The van der Waals surface area contributed by atoms with Gasteiger partial charge in [-0.05, 0) is 31.1 Å². The Labute approximate surface area is 342 Å². The van der Waals surface area contributed by atoms with Crippen molar-refractivity contribution >= 4 is 17.9 Å². The number of rotatable bonds is 43. The molecule has 0 saturated carbocycles. The van der Waals surface area contributed by atoms with Crippen molar-refractivity contribution < 1.29 is 28.6 Å². The molecule has 0 aromatic carbocycles. The van der Waals surface area contributed by atoms with E-state index in [-0.39, 0.29) is 31.1 Å². The Balaban J connectivity index is 4.32. The van der Waals surface area contributed by atoms with E-state index in [0.29, 0.717) is 19.3 Å². The third-order valence-corrected chi connectivity index (χ3v) is 11.3. The molecular formula is C49H94O6. The van der Waals surface area contributed by atoms with Crippen LogP contribution in [0.3, 0.4) is 0 Å². The van der Waals surface area contributed by atoms with Crippen molar-refractivity contribution in [3.8, 4) is 0 Å². The third-order valence-electron chi connectivity index (χ3n) is 11.3. The van der Waals surface area contributed by atoms with Gasteiger partial charge in [-0.3, -0.25) is 14.4 Å². The van der Waals surface area contributed by atoms with E-state index in [0.717, 1.165) is 69.6 Å². The highest BCUT2D eigenvalue weighted by molar-refractivity contribution is 5.71. The fourth-order valence-electron chi connectivity index (χ4n) is 7.25. The van der Waals surface area contributed by atoms with E-state index >= 15 is 0 Å². The lowest BCUT2D eigenvalue weighted by molar-refractivity contribution is -0.167. The maximum absolute atomic E-state index is 12.7. The summed E-state index contributed by atoms with van der Waals surface area (Å²) in [5.74, 6) is 0.831. The summed E-state index contributed by atoms with van der Waals surface area (Å²) >= 11 is 0. The van der Waals surface area contributed by atoms with E-state index < -0.39 is 6.10 Å². The molecule has 0 heterocycles. The van der Waals surface area contributed by atoms with E-state index in [4.69, 9.17) is 14.2 Å². The third kappa shape index (κ3) is 41.9. The van der Waals surface area contributed by atoms with Crippen LogP contribution in [0.25, 0.3) is 0 Å². The Hall–Kier alpha value is -1.59. The molecule has 1 unspecified atom stereocenters. The lowest BCUT2D eigenvalue weighted by Crippen LogP contribution is -2.30. The van der Waals surface area contributed by atoms with E-state index in [1.807, 2.05) is 0 Å². The Bertz CT molecular complexity index is 841. The molecular weight excluding hydrogens is 685 g/mol. The largest absolute Gasteiger partial charge is 0.462 e. The van der Waals surface area contributed by atoms with Crippen LogP contribution in [-0.4, -0.2) is 37.2 Å². The molecule has 6 heteroatoms. The molecule has 0 rings (SSSR count). The summed E-state index contributed by atoms with van der Waals surface area (Å²) < 4.78 is 16.7. The van der Waals surface area contributed by atoms with Crippen molar-refractivity contribution in [2.75, 3.05) is 13.2 Å². The van der Waals surface area contributed by atoms with Crippen LogP contribution >= 0.6 is 0 Å². The molecule has 0 aliphatic rings. The van der Waals surface area contributed by atoms with Gasteiger partial charge in [-0.15, -0.1) is 0 Å². The first-order valence-corrected chi connectivity index (χ1v) is 24.3. The number of unbranched alkanes of at least 4 members (excludes halogenated alkanes) is 27. The van der Waals surface area contributed by atoms with E-state index in [2.05, 4.69) is 34.6 Å². The summed E-state index contributed by atoms with van der Waals surface area (Å²) in [7, 11) is 0. The number of esters is 3. The van der Waals surface area contributed by atoms with E-state index in [1.54, 1.807) is 0 Å². The molecule has 0 amide bonds. The molecule has 0 fully saturated rings. The van der Waals surface area contributed by atoms with E-state index in [1.165, 1.54) is 154 Å². The first kappa shape index (κ1) is 53.4. The average molecular weight is 779 g/mol. The zero-order chi connectivity index (χ0) is 40.5. The SMILES string of the molecule is CCCCCCCCCCCCC(=O)OC[C@@H](COC(=O)CCCCCCCCCCCCC(C)CC)OC(=O)CCCCCCCCCCCCC(C)C. The fourth-order valence-corrected chi connectivity index (χ4v) is 7.25. The fraction of sp³-hybridized carbons (Fsp3) is 0.939. The summed E-state index contributed by atoms with van der Waals surface area (Å²) in [6, 6.07) is 0. The molecule has 0 aliphatic heterocycles. The van der Waals surface area contributed by atoms with Gasteiger partial charge in [0.2, 0.25) is 0 Å². The van der Waals surface area contributed by atoms with Gasteiger partial charge < -0.3 is 14.2 Å². The molecule has 0 radical (unpaired) electrons. The first-order valence-electron chi connectivity index (χ1n) is 24.3. The van der Waals surface area contributed by atoms with Gasteiger partial charge >= 0.3 is 17.9 Å². The van der Waals surface area contributed by atoms with Crippen LogP contribution in [0.15, 0.2) is 0 Å². The van der Waals surface area contributed by atoms with Crippen molar-refractivity contribution in [3.05, 3.63) is 0 Å². The topological polar surface area (TPSA) is 78.9 Å². The lowest BCUT2D eigenvalue weighted by atomic mass is 9.99. The van der Waals surface area contributed by atoms with Crippen molar-refractivity contribution in [1.82, 2.24) is 0 Å². The first-order chi connectivity index (χ1) is 26.8. The Morgan fingerprint density at radius 2 is 0.691 bits per heavy atom. The summed E-state index contributed by atoms with van der Waals surface area (Å²) in [5, 5.41) is 0. The highest BCUT2D eigenvalue weighted by atomic mass is 16.6. The minimum atomic E-state index is -0.760. The highest BCUT2D eigenvalue weighted by Crippen LogP contribution is 2.17. The van der Waals surface area contributed by atoms with Crippen LogP contribution in [-0.2, 0) is 28.6 Å². The Morgan fingerprint density at radius 3 is 1.04 bits per heavy atom. The number of ether oxygens (including phenoxy) is 3. The zero-order valence-corrected chi connectivity index (χ0v) is 37.6. The monoisotopic (exact) mass is 779 g/mol. The molecule has 55 heavy (non-hydrogen) atoms. The molecule has 0 N–H and O–H groups in total. The van der Waals surface area contributed by atoms with E-state index in [9.17, 15) is 14.4 Å². The van der Waals surface area contributed by atoms with Gasteiger partial charge in [-0.25, -0.2) is 0 Å².